The van der Waals surface area contributed by atoms with Gasteiger partial charge in [0.2, 0.25) is 5.91 Å². The van der Waals surface area contributed by atoms with Gasteiger partial charge in [-0.3, -0.25) is 9.59 Å². The molecular weight excluding hydrogens is 468 g/mol. The third-order valence-electron chi connectivity index (χ3n) is 6.84. The van der Waals surface area contributed by atoms with Gasteiger partial charge in [-0.2, -0.15) is 0 Å². The van der Waals surface area contributed by atoms with Crippen LogP contribution in [-0.4, -0.2) is 61.1 Å². The molecule has 1 heterocycles. The van der Waals surface area contributed by atoms with Crippen molar-refractivity contribution in [2.24, 2.45) is 0 Å². The fourth-order valence-electron chi connectivity index (χ4n) is 4.57. The van der Waals surface area contributed by atoms with E-state index >= 15 is 0 Å². The number of unbranched alkanes of at least 4 members (excludes halogenated alkanes) is 2. The number of amides is 1. The summed E-state index contributed by atoms with van der Waals surface area (Å²) in [5.74, 6) is 1.47. The topological polar surface area (TPSA) is 88.1 Å². The van der Waals surface area contributed by atoms with Gasteiger partial charge in [-0.1, -0.05) is 25.5 Å². The Balaban J connectivity index is 1.49. The summed E-state index contributed by atoms with van der Waals surface area (Å²) in [4.78, 5) is 27.5. The zero-order chi connectivity index (χ0) is 26.5. The van der Waals surface area contributed by atoms with Crippen molar-refractivity contribution in [1.29, 1.82) is 0 Å². The molecule has 2 aromatic rings. The minimum absolute atomic E-state index is 0.0625. The highest BCUT2D eigenvalue weighted by Crippen LogP contribution is 2.23. The molecule has 7 heteroatoms. The van der Waals surface area contributed by atoms with Crippen LogP contribution in [0.15, 0.2) is 48.5 Å². The quantitative estimate of drug-likeness (QED) is 0.246. The number of aliphatic hydroxyl groups is 1. The van der Waals surface area contributed by atoms with E-state index < -0.39 is 12.1 Å². The molecule has 0 aliphatic carbocycles. The number of ether oxygens (including phenoxy) is 2. The SMILES string of the molecule is CCCCOc1ccc([C@H](O)[C@@H](CN2CCCC2)NC(=O)CCCCC(=O)c2ccc(OC)cc2)cc1. The molecule has 1 aliphatic heterocycles. The van der Waals surface area contributed by atoms with Crippen molar-refractivity contribution in [3.63, 3.8) is 0 Å². The number of nitrogens with zero attached hydrogens (tertiary/aromatic N) is 1. The van der Waals surface area contributed by atoms with Crippen molar-refractivity contribution >= 4 is 11.7 Å². The minimum Gasteiger partial charge on any atom is -0.497 e. The summed E-state index contributed by atoms with van der Waals surface area (Å²) in [7, 11) is 1.59. The van der Waals surface area contributed by atoms with Crippen molar-refractivity contribution in [2.75, 3.05) is 33.4 Å². The normalized spacial score (nSPS) is 15.2. The maximum absolute atomic E-state index is 12.8. The first-order chi connectivity index (χ1) is 18.0. The Morgan fingerprint density at radius 3 is 2.24 bits per heavy atom. The first kappa shape index (κ1) is 28.7. The largest absolute Gasteiger partial charge is 0.497 e. The highest BCUT2D eigenvalue weighted by molar-refractivity contribution is 5.96. The summed E-state index contributed by atoms with van der Waals surface area (Å²) in [6.07, 6.45) is 5.52. The Kier molecular flexibility index (Phi) is 11.9. The molecule has 1 fully saturated rings. The van der Waals surface area contributed by atoms with E-state index in [1.807, 2.05) is 24.3 Å². The van der Waals surface area contributed by atoms with Gasteiger partial charge in [0.1, 0.15) is 17.6 Å². The number of Topliss-reactive ketones (excluding diaryl/α,β-unsaturated/α-hetero) is 1. The van der Waals surface area contributed by atoms with Crippen molar-refractivity contribution in [1.82, 2.24) is 10.2 Å². The zero-order valence-corrected chi connectivity index (χ0v) is 22.3. The van der Waals surface area contributed by atoms with E-state index in [0.717, 1.165) is 55.8 Å². The molecule has 2 atom stereocenters. The Labute approximate surface area is 221 Å². The third kappa shape index (κ3) is 9.48. The van der Waals surface area contributed by atoms with Crippen LogP contribution in [0.2, 0.25) is 0 Å². The molecule has 0 saturated carbocycles. The van der Waals surface area contributed by atoms with Crippen LogP contribution < -0.4 is 14.8 Å². The maximum atomic E-state index is 12.8. The lowest BCUT2D eigenvalue weighted by molar-refractivity contribution is -0.123. The lowest BCUT2D eigenvalue weighted by atomic mass is 10.0. The van der Waals surface area contributed by atoms with Crippen LogP contribution >= 0.6 is 0 Å². The molecule has 2 N–H and O–H groups in total. The molecule has 0 radical (unpaired) electrons. The van der Waals surface area contributed by atoms with Gasteiger partial charge in [0.25, 0.3) is 0 Å². The highest BCUT2D eigenvalue weighted by atomic mass is 16.5. The van der Waals surface area contributed by atoms with Crippen LogP contribution in [0.4, 0.5) is 0 Å². The number of aliphatic hydroxyl groups excluding tert-OH is 1. The van der Waals surface area contributed by atoms with Crippen molar-refractivity contribution < 1.29 is 24.2 Å². The predicted octanol–water partition coefficient (Wildman–Crippen LogP) is 4.93. The third-order valence-corrected chi connectivity index (χ3v) is 6.84. The van der Waals surface area contributed by atoms with Gasteiger partial charge in [0.05, 0.1) is 19.8 Å². The molecule has 2 aromatic carbocycles. The number of rotatable bonds is 16. The van der Waals surface area contributed by atoms with Gasteiger partial charge in [-0.25, -0.2) is 0 Å². The van der Waals surface area contributed by atoms with Crippen LogP contribution in [0.3, 0.4) is 0 Å². The number of benzene rings is 2. The Morgan fingerprint density at radius 2 is 1.59 bits per heavy atom. The van der Waals surface area contributed by atoms with E-state index in [-0.39, 0.29) is 11.7 Å². The van der Waals surface area contributed by atoms with Gasteiger partial charge in [-0.05, 0) is 87.2 Å². The van der Waals surface area contributed by atoms with Crippen LogP contribution in [0.25, 0.3) is 0 Å². The first-order valence-corrected chi connectivity index (χ1v) is 13.6. The molecule has 0 spiro atoms. The second kappa shape index (κ2) is 15.4. The lowest BCUT2D eigenvalue weighted by Crippen LogP contribution is -2.46. The van der Waals surface area contributed by atoms with E-state index in [9.17, 15) is 14.7 Å². The average molecular weight is 511 g/mol. The van der Waals surface area contributed by atoms with E-state index in [1.54, 1.807) is 31.4 Å². The first-order valence-electron chi connectivity index (χ1n) is 13.6. The highest BCUT2D eigenvalue weighted by Gasteiger charge is 2.26. The molecule has 0 unspecified atom stereocenters. The maximum Gasteiger partial charge on any atom is 0.220 e. The van der Waals surface area contributed by atoms with Gasteiger partial charge in [0.15, 0.2) is 5.78 Å². The number of carbonyl (C=O) groups is 2. The average Bonchev–Trinajstić information content (AvgIpc) is 3.44. The number of methoxy groups -OCH3 is 1. The molecule has 3 rings (SSSR count). The van der Waals surface area contributed by atoms with Crippen molar-refractivity contribution in [2.45, 2.75) is 70.4 Å². The summed E-state index contributed by atoms with van der Waals surface area (Å²) in [6.45, 7) is 5.38. The summed E-state index contributed by atoms with van der Waals surface area (Å²) < 4.78 is 10.9. The number of hydrogen-bond acceptors (Lipinski definition) is 6. The summed E-state index contributed by atoms with van der Waals surface area (Å²) >= 11 is 0. The molecule has 1 amide bonds. The number of nitrogens with one attached hydrogen (secondary N) is 1. The fraction of sp³-hybridized carbons (Fsp3) is 0.533. The Bertz CT molecular complexity index is 955. The number of ketones is 1. The standard InChI is InChI=1S/C30H42N2O5/c1-3-4-21-37-26-17-13-24(14-18-26)30(35)27(22-32-19-7-8-20-32)31-29(34)10-6-5-9-28(33)23-11-15-25(36-2)16-12-23/h11-18,27,30,35H,3-10,19-22H2,1-2H3,(H,31,34)/t27-,30+/m1/s1. The van der Waals surface area contributed by atoms with Crippen molar-refractivity contribution in [3.8, 4) is 11.5 Å². The summed E-state index contributed by atoms with van der Waals surface area (Å²) in [5.41, 5.74) is 1.42. The second-order valence-corrected chi connectivity index (χ2v) is 9.76. The molecule has 202 valence electrons. The summed E-state index contributed by atoms with van der Waals surface area (Å²) in [5, 5.41) is 14.2. The fourth-order valence-corrected chi connectivity index (χ4v) is 4.57. The van der Waals surface area contributed by atoms with Gasteiger partial charge in [-0.15, -0.1) is 0 Å². The Hall–Kier alpha value is -2.90. The molecule has 0 bridgehead atoms. The van der Waals surface area contributed by atoms with E-state index in [2.05, 4.69) is 17.1 Å². The van der Waals surface area contributed by atoms with E-state index in [1.165, 1.54) is 0 Å². The molecule has 37 heavy (non-hydrogen) atoms. The van der Waals surface area contributed by atoms with Crippen LogP contribution in [0, 0.1) is 0 Å². The van der Waals surface area contributed by atoms with Gasteiger partial charge < -0.3 is 24.8 Å². The lowest BCUT2D eigenvalue weighted by Gasteiger charge is -2.29. The minimum atomic E-state index is -0.814. The molecule has 7 nitrogen and oxygen atoms in total. The number of likely N-dealkylation sites (tertiary alicyclic amines) is 1. The van der Waals surface area contributed by atoms with Crippen molar-refractivity contribution in [3.05, 3.63) is 59.7 Å². The molecular formula is C30H42N2O5. The van der Waals surface area contributed by atoms with E-state index in [4.69, 9.17) is 9.47 Å². The van der Waals surface area contributed by atoms with E-state index in [0.29, 0.717) is 44.4 Å². The van der Waals surface area contributed by atoms with Crippen LogP contribution in [0.5, 0.6) is 11.5 Å². The van der Waals surface area contributed by atoms with Crippen LogP contribution in [0.1, 0.15) is 80.3 Å². The smallest absolute Gasteiger partial charge is 0.220 e. The van der Waals surface area contributed by atoms with Gasteiger partial charge in [0, 0.05) is 24.9 Å². The molecule has 1 aliphatic rings. The monoisotopic (exact) mass is 510 g/mol. The molecule has 0 aromatic heterocycles. The summed E-state index contributed by atoms with van der Waals surface area (Å²) in [6, 6.07) is 14.2. The van der Waals surface area contributed by atoms with Crippen LogP contribution in [-0.2, 0) is 4.79 Å². The predicted molar refractivity (Wildman–Crippen MR) is 145 cm³/mol. The number of hydrogen-bond donors (Lipinski definition) is 2. The molecule has 1 saturated heterocycles. The van der Waals surface area contributed by atoms with Gasteiger partial charge >= 0.3 is 0 Å². The second-order valence-electron chi connectivity index (χ2n) is 9.76. The zero-order valence-electron chi connectivity index (χ0n) is 22.3. The Morgan fingerprint density at radius 1 is 0.946 bits per heavy atom. The number of carbonyl (C=O) groups excluding carboxylic acids is 2.